The highest BCUT2D eigenvalue weighted by Gasteiger charge is 2.42. The standard InChI is InChI=1S/C12H19F2NO.C8H8N2O2/c1-9-2-4-10(5-3-9)11(16)15-7-6-12(13,14)8-15;1-10-7-4-5(11)2-3-6(7)9-8(10)12/h9-10H,2-8H2,1H3;2-4,11H,1H3,(H,9,12). The van der Waals surface area contributed by atoms with Crippen molar-refractivity contribution in [3.63, 3.8) is 0 Å². The molecule has 2 fully saturated rings. The number of hydrogen-bond acceptors (Lipinski definition) is 3. The maximum absolute atomic E-state index is 13.0. The predicted octanol–water partition coefficient (Wildman–Crippen LogP) is 3.25. The molecular weight excluding hydrogens is 368 g/mol. The number of halogens is 2. The summed E-state index contributed by atoms with van der Waals surface area (Å²) in [5.41, 5.74) is 1.27. The third kappa shape index (κ3) is 4.54. The van der Waals surface area contributed by atoms with E-state index in [4.69, 9.17) is 5.11 Å². The highest BCUT2D eigenvalue weighted by Crippen LogP contribution is 2.33. The zero-order valence-corrected chi connectivity index (χ0v) is 16.3. The van der Waals surface area contributed by atoms with Gasteiger partial charge in [-0.2, -0.15) is 0 Å². The molecule has 0 atom stereocenters. The molecule has 1 aliphatic heterocycles. The van der Waals surface area contributed by atoms with Gasteiger partial charge in [-0.3, -0.25) is 9.36 Å². The van der Waals surface area contributed by atoms with Crippen molar-refractivity contribution in [2.45, 2.75) is 45.0 Å². The summed E-state index contributed by atoms with van der Waals surface area (Å²) in [6, 6.07) is 4.76. The number of phenols is 1. The number of aryl methyl sites for hydroxylation is 1. The average molecular weight is 395 g/mol. The van der Waals surface area contributed by atoms with E-state index in [1.807, 2.05) is 0 Å². The van der Waals surface area contributed by atoms with Crippen LogP contribution in [0.15, 0.2) is 23.0 Å². The van der Waals surface area contributed by atoms with Crippen LogP contribution in [0.5, 0.6) is 5.75 Å². The van der Waals surface area contributed by atoms with E-state index in [-0.39, 0.29) is 42.8 Å². The van der Waals surface area contributed by atoms with Crippen LogP contribution in [0, 0.1) is 11.8 Å². The number of nitrogens with one attached hydrogen (secondary N) is 1. The van der Waals surface area contributed by atoms with Crippen molar-refractivity contribution in [1.82, 2.24) is 14.5 Å². The minimum Gasteiger partial charge on any atom is -0.508 e. The van der Waals surface area contributed by atoms with Crippen molar-refractivity contribution in [2.24, 2.45) is 18.9 Å². The highest BCUT2D eigenvalue weighted by molar-refractivity contribution is 5.79. The number of H-pyrrole nitrogens is 1. The summed E-state index contributed by atoms with van der Waals surface area (Å²) in [6.07, 6.45) is 3.70. The second kappa shape index (κ2) is 7.93. The van der Waals surface area contributed by atoms with E-state index in [0.717, 1.165) is 31.2 Å². The summed E-state index contributed by atoms with van der Waals surface area (Å²) in [6.45, 7) is 2.06. The summed E-state index contributed by atoms with van der Waals surface area (Å²) in [4.78, 5) is 27.1. The molecule has 1 aromatic heterocycles. The van der Waals surface area contributed by atoms with Crippen LogP contribution in [-0.4, -0.2) is 44.5 Å². The summed E-state index contributed by atoms with van der Waals surface area (Å²) in [5, 5.41) is 9.13. The number of rotatable bonds is 1. The summed E-state index contributed by atoms with van der Waals surface area (Å²) < 4.78 is 27.4. The molecule has 1 aliphatic carbocycles. The van der Waals surface area contributed by atoms with E-state index < -0.39 is 5.92 Å². The van der Waals surface area contributed by atoms with E-state index in [9.17, 15) is 18.4 Å². The molecule has 1 saturated carbocycles. The first-order chi connectivity index (χ1) is 13.2. The van der Waals surface area contributed by atoms with Gasteiger partial charge in [-0.05, 0) is 43.7 Å². The molecule has 6 nitrogen and oxygen atoms in total. The van der Waals surface area contributed by atoms with Gasteiger partial charge in [0.05, 0.1) is 17.6 Å². The number of phenolic OH excluding ortho intramolecular Hbond substituents is 1. The molecule has 2 N–H and O–H groups in total. The molecule has 28 heavy (non-hydrogen) atoms. The molecule has 1 amide bonds. The Kier molecular flexibility index (Phi) is 5.76. The van der Waals surface area contributed by atoms with Gasteiger partial charge in [0.15, 0.2) is 0 Å². The van der Waals surface area contributed by atoms with Gasteiger partial charge in [0.1, 0.15) is 5.75 Å². The number of benzene rings is 1. The van der Waals surface area contributed by atoms with Crippen molar-refractivity contribution in [3.8, 4) is 5.75 Å². The molecule has 8 heteroatoms. The van der Waals surface area contributed by atoms with Crippen molar-refractivity contribution < 1.29 is 18.7 Å². The Hall–Kier alpha value is -2.38. The maximum Gasteiger partial charge on any atom is 0.326 e. The third-order valence-corrected chi connectivity index (χ3v) is 5.74. The van der Waals surface area contributed by atoms with E-state index in [0.29, 0.717) is 11.4 Å². The normalized spacial score (nSPS) is 24.1. The van der Waals surface area contributed by atoms with Gasteiger partial charge in [0.2, 0.25) is 5.91 Å². The van der Waals surface area contributed by atoms with Gasteiger partial charge < -0.3 is 15.0 Å². The van der Waals surface area contributed by atoms with Crippen molar-refractivity contribution in [3.05, 3.63) is 28.7 Å². The van der Waals surface area contributed by atoms with E-state index in [1.54, 1.807) is 19.2 Å². The van der Waals surface area contributed by atoms with Crippen molar-refractivity contribution in [1.29, 1.82) is 0 Å². The van der Waals surface area contributed by atoms with Crippen LogP contribution in [0.4, 0.5) is 8.78 Å². The van der Waals surface area contributed by atoms with E-state index >= 15 is 0 Å². The fraction of sp³-hybridized carbons (Fsp3) is 0.600. The van der Waals surface area contributed by atoms with Crippen LogP contribution in [0.25, 0.3) is 11.0 Å². The number of aromatic hydroxyl groups is 1. The topological polar surface area (TPSA) is 78.3 Å². The number of hydrogen-bond donors (Lipinski definition) is 2. The molecule has 154 valence electrons. The number of imidazole rings is 1. The van der Waals surface area contributed by atoms with E-state index in [2.05, 4.69) is 11.9 Å². The number of alkyl halides is 2. The first-order valence-corrected chi connectivity index (χ1v) is 9.70. The Morgan fingerprint density at radius 2 is 1.93 bits per heavy atom. The fourth-order valence-corrected chi connectivity index (χ4v) is 3.90. The van der Waals surface area contributed by atoms with Gasteiger partial charge in [-0.15, -0.1) is 0 Å². The molecule has 0 bridgehead atoms. The van der Waals surface area contributed by atoms with E-state index in [1.165, 1.54) is 15.5 Å². The van der Waals surface area contributed by atoms with Gasteiger partial charge >= 0.3 is 5.69 Å². The minimum absolute atomic E-state index is 0.00472. The number of nitrogens with zero attached hydrogens (tertiary/aromatic N) is 2. The summed E-state index contributed by atoms with van der Waals surface area (Å²) in [5.74, 6) is -1.84. The molecule has 2 heterocycles. The lowest BCUT2D eigenvalue weighted by molar-refractivity contribution is -0.137. The number of carbonyl (C=O) groups excluding carboxylic acids is 1. The fourth-order valence-electron chi connectivity index (χ4n) is 3.90. The van der Waals surface area contributed by atoms with Crippen LogP contribution in [-0.2, 0) is 11.8 Å². The molecule has 1 saturated heterocycles. The molecule has 0 spiro atoms. The Morgan fingerprint density at radius 3 is 2.54 bits per heavy atom. The van der Waals surface area contributed by atoms with Gasteiger partial charge in [-0.1, -0.05) is 6.92 Å². The lowest BCUT2D eigenvalue weighted by atomic mass is 9.82. The first-order valence-electron chi connectivity index (χ1n) is 9.70. The van der Waals surface area contributed by atoms with Crippen LogP contribution in [0.2, 0.25) is 0 Å². The largest absolute Gasteiger partial charge is 0.508 e. The third-order valence-electron chi connectivity index (χ3n) is 5.74. The predicted molar refractivity (Wildman–Crippen MR) is 102 cm³/mol. The van der Waals surface area contributed by atoms with Gasteiger partial charge in [0.25, 0.3) is 5.92 Å². The summed E-state index contributed by atoms with van der Waals surface area (Å²) >= 11 is 0. The van der Waals surface area contributed by atoms with Crippen LogP contribution < -0.4 is 5.69 Å². The molecule has 2 aliphatic rings. The SMILES string of the molecule is CC1CCC(C(=O)N2CCC(F)(F)C2)CC1.Cn1c(=O)[nH]c2ccc(O)cc21. The zero-order chi connectivity index (χ0) is 20.5. The van der Waals surface area contributed by atoms with Gasteiger partial charge in [-0.25, -0.2) is 13.6 Å². The highest BCUT2D eigenvalue weighted by atomic mass is 19.3. The second-order valence-electron chi connectivity index (χ2n) is 8.01. The molecule has 0 unspecified atom stereocenters. The number of aromatic nitrogens is 2. The quantitative estimate of drug-likeness (QED) is 0.778. The number of likely N-dealkylation sites (tertiary alicyclic amines) is 1. The monoisotopic (exact) mass is 395 g/mol. The number of carbonyl (C=O) groups is 1. The Balaban J connectivity index is 0.000000167. The lowest BCUT2D eigenvalue weighted by Crippen LogP contribution is -2.37. The Labute approximate surface area is 162 Å². The molecule has 0 radical (unpaired) electrons. The minimum atomic E-state index is -2.66. The zero-order valence-electron chi connectivity index (χ0n) is 16.3. The van der Waals surface area contributed by atoms with Gasteiger partial charge in [0, 0.05) is 32.0 Å². The first kappa shape index (κ1) is 20.4. The Bertz CT molecular complexity index is 898. The summed E-state index contributed by atoms with van der Waals surface area (Å²) in [7, 11) is 1.65. The second-order valence-corrected chi connectivity index (χ2v) is 8.01. The molecule has 1 aromatic carbocycles. The number of aromatic amines is 1. The van der Waals surface area contributed by atoms with Crippen LogP contribution >= 0.6 is 0 Å². The number of amides is 1. The Morgan fingerprint density at radius 1 is 1.25 bits per heavy atom. The van der Waals surface area contributed by atoms with Crippen LogP contribution in [0.3, 0.4) is 0 Å². The molecular formula is C20H27F2N3O3. The molecule has 2 aromatic rings. The average Bonchev–Trinajstić information content (AvgIpc) is 3.15. The molecule has 4 rings (SSSR count). The lowest BCUT2D eigenvalue weighted by Gasteiger charge is -2.28. The number of fused-ring (bicyclic) bond motifs is 1. The van der Waals surface area contributed by atoms with Crippen LogP contribution in [0.1, 0.15) is 39.0 Å². The smallest absolute Gasteiger partial charge is 0.326 e. The maximum atomic E-state index is 13.0. The van der Waals surface area contributed by atoms with Crippen molar-refractivity contribution in [2.75, 3.05) is 13.1 Å². The van der Waals surface area contributed by atoms with Crippen molar-refractivity contribution >= 4 is 16.9 Å².